The normalized spacial score (nSPS) is 10.5. The second-order valence-electron chi connectivity index (χ2n) is 4.11. The van der Waals surface area contributed by atoms with E-state index in [1.165, 1.54) is 13.2 Å². The van der Waals surface area contributed by atoms with Gasteiger partial charge in [0.2, 0.25) is 0 Å². The first-order valence-electron chi connectivity index (χ1n) is 5.88. The monoisotopic (exact) mass is 281 g/mol. The van der Waals surface area contributed by atoms with Gasteiger partial charge in [-0.1, -0.05) is 0 Å². The molecule has 0 fully saturated rings. The van der Waals surface area contributed by atoms with Gasteiger partial charge in [0.25, 0.3) is 0 Å². The Bertz CT molecular complexity index is 571. The second-order valence-corrected chi connectivity index (χ2v) is 5.17. The Kier molecular flexibility index (Phi) is 4.21. The van der Waals surface area contributed by atoms with Crippen molar-refractivity contribution >= 4 is 22.7 Å². The molecule has 6 heteroatoms. The first-order chi connectivity index (χ1) is 9.10. The van der Waals surface area contributed by atoms with Gasteiger partial charge in [-0.2, -0.15) is 0 Å². The van der Waals surface area contributed by atoms with Crippen molar-refractivity contribution < 1.29 is 9.13 Å². The number of ether oxygens (including phenoxy) is 1. The lowest BCUT2D eigenvalue weighted by Crippen LogP contribution is -2.08. The molecule has 1 heterocycles. The molecule has 0 radical (unpaired) electrons. The fourth-order valence-corrected chi connectivity index (χ4v) is 2.37. The van der Waals surface area contributed by atoms with E-state index < -0.39 is 5.82 Å². The summed E-state index contributed by atoms with van der Waals surface area (Å²) in [6, 6.07) is 2.82. The quantitative estimate of drug-likeness (QED) is 0.827. The molecule has 0 aliphatic carbocycles. The minimum absolute atomic E-state index is 0.182. The largest absolute Gasteiger partial charge is 0.494 e. The molecule has 2 rings (SSSR count). The number of anilines is 2. The summed E-state index contributed by atoms with van der Waals surface area (Å²) in [6.07, 6.45) is 0.795. The van der Waals surface area contributed by atoms with E-state index >= 15 is 0 Å². The highest BCUT2D eigenvalue weighted by molar-refractivity contribution is 7.09. The highest BCUT2D eigenvalue weighted by Gasteiger charge is 2.08. The Labute approximate surface area is 115 Å². The van der Waals surface area contributed by atoms with Gasteiger partial charge in [0, 0.05) is 30.5 Å². The van der Waals surface area contributed by atoms with Crippen LogP contribution in [0.5, 0.6) is 5.75 Å². The van der Waals surface area contributed by atoms with Crippen molar-refractivity contribution in [3.05, 3.63) is 34.0 Å². The summed E-state index contributed by atoms with van der Waals surface area (Å²) in [7, 11) is 1.43. The van der Waals surface area contributed by atoms with Gasteiger partial charge in [-0.25, -0.2) is 9.37 Å². The zero-order valence-electron chi connectivity index (χ0n) is 10.9. The van der Waals surface area contributed by atoms with E-state index in [2.05, 4.69) is 10.3 Å². The molecule has 2 aromatic rings. The van der Waals surface area contributed by atoms with E-state index in [9.17, 15) is 4.39 Å². The number of rotatable bonds is 5. The average molecular weight is 281 g/mol. The molecule has 0 saturated heterocycles. The van der Waals surface area contributed by atoms with E-state index in [-0.39, 0.29) is 5.75 Å². The number of halogens is 1. The number of aromatic nitrogens is 1. The fourth-order valence-electron chi connectivity index (χ4n) is 1.73. The maximum absolute atomic E-state index is 13.4. The van der Waals surface area contributed by atoms with Crippen LogP contribution in [0.1, 0.15) is 10.7 Å². The van der Waals surface area contributed by atoms with Crippen molar-refractivity contribution in [3.8, 4) is 5.75 Å². The highest BCUT2D eigenvalue weighted by atomic mass is 32.1. The Morgan fingerprint density at radius 3 is 2.89 bits per heavy atom. The Morgan fingerprint density at radius 2 is 2.26 bits per heavy atom. The lowest BCUT2D eigenvalue weighted by molar-refractivity contribution is 0.387. The second kappa shape index (κ2) is 5.88. The van der Waals surface area contributed by atoms with Crippen LogP contribution in [0.3, 0.4) is 0 Å². The van der Waals surface area contributed by atoms with Crippen LogP contribution in [0.4, 0.5) is 15.8 Å². The van der Waals surface area contributed by atoms with Gasteiger partial charge in [0.1, 0.15) is 0 Å². The number of benzene rings is 1. The summed E-state index contributed by atoms with van der Waals surface area (Å²) in [6.45, 7) is 2.66. The average Bonchev–Trinajstić information content (AvgIpc) is 2.78. The predicted octanol–water partition coefficient (Wildman–Crippen LogP) is 2.84. The summed E-state index contributed by atoms with van der Waals surface area (Å²) >= 11 is 1.63. The molecular formula is C13H16FN3OS. The standard InChI is InChI=1S/C13H16FN3OS/c1-8-17-9(7-19-8)3-4-16-12-6-13(18-2)10(14)5-11(12)15/h5-7,16H,3-4,15H2,1-2H3. The number of nitrogens with zero attached hydrogens (tertiary/aromatic N) is 1. The molecule has 4 nitrogen and oxygen atoms in total. The molecule has 1 aromatic carbocycles. The van der Waals surface area contributed by atoms with Gasteiger partial charge in [-0.3, -0.25) is 0 Å². The number of thiazole rings is 1. The van der Waals surface area contributed by atoms with Gasteiger partial charge < -0.3 is 15.8 Å². The number of hydrogen-bond donors (Lipinski definition) is 2. The van der Waals surface area contributed by atoms with Crippen LogP contribution in [0.15, 0.2) is 17.5 Å². The smallest absolute Gasteiger partial charge is 0.167 e. The summed E-state index contributed by atoms with van der Waals surface area (Å²) in [5, 5.41) is 6.25. The number of nitrogens with one attached hydrogen (secondary N) is 1. The molecule has 102 valence electrons. The summed E-state index contributed by atoms with van der Waals surface area (Å²) in [5.41, 5.74) is 7.84. The predicted molar refractivity (Wildman–Crippen MR) is 76.4 cm³/mol. The molecule has 0 amide bonds. The Balaban J connectivity index is 1.99. The van der Waals surface area contributed by atoms with Crippen molar-refractivity contribution in [1.29, 1.82) is 0 Å². The maximum Gasteiger partial charge on any atom is 0.167 e. The van der Waals surface area contributed by atoms with Crippen LogP contribution in [0, 0.1) is 12.7 Å². The number of hydrogen-bond acceptors (Lipinski definition) is 5. The third-order valence-corrected chi connectivity index (χ3v) is 3.51. The summed E-state index contributed by atoms with van der Waals surface area (Å²) < 4.78 is 18.3. The molecule has 0 atom stereocenters. The van der Waals surface area contributed by atoms with Gasteiger partial charge in [0.15, 0.2) is 11.6 Å². The summed E-state index contributed by atoms with van der Waals surface area (Å²) in [5.74, 6) is -0.276. The van der Waals surface area contributed by atoms with Crippen molar-refractivity contribution in [2.24, 2.45) is 0 Å². The minimum Gasteiger partial charge on any atom is -0.494 e. The number of nitrogens with two attached hydrogens (primary N) is 1. The van der Waals surface area contributed by atoms with Crippen LogP contribution >= 0.6 is 11.3 Å². The van der Waals surface area contributed by atoms with Gasteiger partial charge in [-0.05, 0) is 6.92 Å². The molecule has 19 heavy (non-hydrogen) atoms. The third kappa shape index (κ3) is 3.35. The molecule has 0 aliphatic heterocycles. The number of methoxy groups -OCH3 is 1. The molecule has 0 spiro atoms. The Hall–Kier alpha value is -1.82. The van der Waals surface area contributed by atoms with Crippen molar-refractivity contribution in [2.45, 2.75) is 13.3 Å². The van der Waals surface area contributed by atoms with Crippen LogP contribution in [-0.2, 0) is 6.42 Å². The molecule has 0 aliphatic rings. The zero-order valence-corrected chi connectivity index (χ0v) is 11.7. The number of aryl methyl sites for hydroxylation is 1. The van der Waals surface area contributed by atoms with Gasteiger partial charge in [-0.15, -0.1) is 11.3 Å². The third-order valence-electron chi connectivity index (χ3n) is 2.69. The van der Waals surface area contributed by atoms with E-state index in [1.807, 2.05) is 12.3 Å². The first kappa shape index (κ1) is 13.6. The van der Waals surface area contributed by atoms with Crippen molar-refractivity contribution in [2.75, 3.05) is 24.7 Å². The molecule has 1 aromatic heterocycles. The lowest BCUT2D eigenvalue weighted by Gasteiger charge is -2.11. The zero-order chi connectivity index (χ0) is 13.8. The summed E-state index contributed by atoms with van der Waals surface area (Å²) in [4.78, 5) is 4.37. The Morgan fingerprint density at radius 1 is 1.47 bits per heavy atom. The van der Waals surface area contributed by atoms with Crippen molar-refractivity contribution in [1.82, 2.24) is 4.98 Å². The molecule has 0 unspecified atom stereocenters. The van der Waals surface area contributed by atoms with Crippen LogP contribution < -0.4 is 15.8 Å². The fraction of sp³-hybridized carbons (Fsp3) is 0.308. The molecule has 3 N–H and O–H groups in total. The lowest BCUT2D eigenvalue weighted by atomic mass is 10.2. The van der Waals surface area contributed by atoms with E-state index in [0.29, 0.717) is 17.9 Å². The van der Waals surface area contributed by atoms with Crippen LogP contribution in [0.25, 0.3) is 0 Å². The van der Waals surface area contributed by atoms with Gasteiger partial charge in [0.05, 0.1) is 29.2 Å². The highest BCUT2D eigenvalue weighted by Crippen LogP contribution is 2.27. The maximum atomic E-state index is 13.4. The van der Waals surface area contributed by atoms with Gasteiger partial charge >= 0.3 is 0 Å². The van der Waals surface area contributed by atoms with Crippen molar-refractivity contribution in [3.63, 3.8) is 0 Å². The van der Waals surface area contributed by atoms with Crippen LogP contribution in [-0.4, -0.2) is 18.6 Å². The molecule has 0 saturated carbocycles. The van der Waals surface area contributed by atoms with E-state index in [1.54, 1.807) is 17.4 Å². The SMILES string of the molecule is COc1cc(NCCc2csc(C)n2)c(N)cc1F. The topological polar surface area (TPSA) is 60.2 Å². The number of nitrogen functional groups attached to an aromatic ring is 1. The van der Waals surface area contributed by atoms with Crippen LogP contribution in [0.2, 0.25) is 0 Å². The first-order valence-corrected chi connectivity index (χ1v) is 6.76. The molecule has 0 bridgehead atoms. The van der Waals surface area contributed by atoms with E-state index in [0.717, 1.165) is 17.1 Å². The van der Waals surface area contributed by atoms with E-state index in [4.69, 9.17) is 10.5 Å². The molecular weight excluding hydrogens is 265 g/mol. The minimum atomic E-state index is -0.458.